The highest BCUT2D eigenvalue weighted by Gasteiger charge is 2.24. The van der Waals surface area contributed by atoms with Crippen LogP contribution in [0, 0.1) is 0 Å². The molecule has 0 amide bonds. The molecule has 17 aromatic carbocycles. The van der Waals surface area contributed by atoms with Crippen LogP contribution >= 0.6 is 0 Å². The van der Waals surface area contributed by atoms with E-state index in [1.54, 1.807) is 6.33 Å². The normalized spacial score (nSPS) is 11.8. The predicted molar refractivity (Wildman–Crippen MR) is 540 cm³/mol. The quantitative estimate of drug-likeness (QED) is 0.112. The van der Waals surface area contributed by atoms with Crippen LogP contribution in [0.1, 0.15) is 0 Å². The first kappa shape index (κ1) is 75.3. The monoisotopic (exact) mass is 1690 g/mol. The Labute approximate surface area is 756 Å². The van der Waals surface area contributed by atoms with Gasteiger partial charge in [0.1, 0.15) is 17.4 Å². The zero-order chi connectivity index (χ0) is 86.9. The molecule has 0 spiro atoms. The molecule has 132 heavy (non-hydrogen) atoms. The van der Waals surface area contributed by atoms with Gasteiger partial charge in [-0.1, -0.05) is 261 Å². The topological polar surface area (TPSA) is 128 Å². The van der Waals surface area contributed by atoms with E-state index in [9.17, 15) is 0 Å². The lowest BCUT2D eigenvalue weighted by Gasteiger charge is -2.13. The van der Waals surface area contributed by atoms with E-state index in [2.05, 4.69) is 385 Å². The minimum atomic E-state index is 0.689. The highest BCUT2D eigenvalue weighted by molar-refractivity contribution is 6.16. The van der Waals surface area contributed by atoms with Gasteiger partial charge in [-0.3, -0.25) is 4.98 Å². The summed E-state index contributed by atoms with van der Waals surface area (Å²) in [7, 11) is 0. The summed E-state index contributed by atoms with van der Waals surface area (Å²) in [5, 5.41) is 11.7. The van der Waals surface area contributed by atoms with Gasteiger partial charge in [0.15, 0.2) is 17.2 Å². The van der Waals surface area contributed by atoms with Crippen LogP contribution in [0.4, 0.5) is 0 Å². The van der Waals surface area contributed by atoms with E-state index < -0.39 is 0 Å². The van der Waals surface area contributed by atoms with Crippen LogP contribution in [0.3, 0.4) is 0 Å². The first-order chi connectivity index (χ1) is 65.4. The fraction of sp³-hybridized carbons (Fsp3) is 0. The molecule has 0 aliphatic heterocycles. The Morgan fingerprint density at radius 3 is 1.08 bits per heavy atom. The molecule has 0 saturated heterocycles. The Hall–Kier alpha value is -18.1. The fourth-order valence-electron chi connectivity index (χ4n) is 19.9. The molecule has 27 rings (SSSR count). The molecule has 0 aliphatic carbocycles. The summed E-state index contributed by atoms with van der Waals surface area (Å²) in [5.41, 5.74) is 34.3. The second kappa shape index (κ2) is 30.9. The van der Waals surface area contributed by atoms with E-state index in [4.69, 9.17) is 29.3 Å². The van der Waals surface area contributed by atoms with Crippen molar-refractivity contribution in [1.29, 1.82) is 0 Å². The third-order valence-electron chi connectivity index (χ3n) is 26.0. The molecule has 0 saturated carbocycles. The molecule has 0 atom stereocenters. The fourth-order valence-corrected chi connectivity index (χ4v) is 19.9. The lowest BCUT2D eigenvalue weighted by molar-refractivity contribution is 0.668. The molecule has 27 aromatic rings. The van der Waals surface area contributed by atoms with Gasteiger partial charge >= 0.3 is 0 Å². The van der Waals surface area contributed by atoms with Crippen molar-refractivity contribution < 1.29 is 4.42 Å². The Balaban J connectivity index is 0.000000139. The molecule has 0 unspecified atom stereocenters. The third-order valence-corrected chi connectivity index (χ3v) is 26.0. The highest BCUT2D eigenvalue weighted by atomic mass is 16.3. The molecule has 10 aromatic heterocycles. The van der Waals surface area contributed by atoms with Crippen molar-refractivity contribution in [2.45, 2.75) is 0 Å². The summed E-state index contributed by atoms with van der Waals surface area (Å²) < 4.78 is 17.9. The summed E-state index contributed by atoms with van der Waals surface area (Å²) >= 11 is 0. The van der Waals surface area contributed by atoms with Gasteiger partial charge < -0.3 is 27.3 Å². The number of pyridine rings is 1. The third kappa shape index (κ3) is 12.7. The van der Waals surface area contributed by atoms with Gasteiger partial charge in [0.05, 0.1) is 89.7 Å². The van der Waals surface area contributed by atoms with Gasteiger partial charge in [-0.2, -0.15) is 0 Å². The number of aromatic nitrogens is 12. The zero-order valence-corrected chi connectivity index (χ0v) is 71.0. The lowest BCUT2D eigenvalue weighted by atomic mass is 10.0. The highest BCUT2D eigenvalue weighted by Crippen LogP contribution is 2.45. The Morgan fingerprint density at radius 1 is 0.182 bits per heavy atom. The molecular weight excluding hydrogens is 1610 g/mol. The SMILES string of the molecule is c1ccc(-c2cc(-c3cccc(-n4c5ccccc5c5ccc(-c6ccc7c(c6)c6ccccc6n7-c6ccc7oc8cccnc8c7c6)cc54)c3)nc(-c3ccccc3)n2)cc1.c1ccc(-c2cc(-c3ccccc3)nc(-c3ccc(-n4c5ccccc5c5ccc(-c6ccc7c(c6)c6ccccc6n7-c6ccc7c(c6)c6ncncc6n7-c6ccccc6)cc54)cc3)n2)cc1. The van der Waals surface area contributed by atoms with Crippen LogP contribution in [0.5, 0.6) is 0 Å². The number of furan rings is 1. The smallest absolute Gasteiger partial charge is 0.160 e. The first-order valence-corrected chi connectivity index (χ1v) is 44.4. The second-order valence-corrected chi connectivity index (χ2v) is 33.6. The number of hydrogen-bond acceptors (Lipinski definition) is 8. The second-order valence-electron chi connectivity index (χ2n) is 33.6. The molecular formula is C119H74N12O. The van der Waals surface area contributed by atoms with Crippen molar-refractivity contribution in [3.8, 4) is 118 Å². The largest absolute Gasteiger partial charge is 0.454 e. The summed E-state index contributed by atoms with van der Waals surface area (Å²) in [5.74, 6) is 1.39. The van der Waals surface area contributed by atoms with E-state index in [1.807, 2.05) is 91.3 Å². The van der Waals surface area contributed by atoms with Crippen molar-refractivity contribution in [2.75, 3.05) is 0 Å². The van der Waals surface area contributed by atoms with Gasteiger partial charge in [-0.25, -0.2) is 29.9 Å². The van der Waals surface area contributed by atoms with Crippen LogP contribution in [0.2, 0.25) is 0 Å². The minimum Gasteiger partial charge on any atom is -0.454 e. The Bertz CT molecular complexity index is 9160. The van der Waals surface area contributed by atoms with Crippen molar-refractivity contribution >= 4 is 131 Å². The zero-order valence-electron chi connectivity index (χ0n) is 71.0. The standard InChI is InChI=1S/C62H39N7.C57H35N5O/c1-4-14-40(15-5-1)53-37-54(41-16-6-2-7-17-41)66-62(65-53)42-24-28-46(29-25-42)67-55-22-12-10-20-48(55)50-31-26-44(35-59(50)67)43-27-32-57-51(34-43)49-21-11-13-23-56(49)69(57)47-30-33-58-52(36-47)61-60(38-63-39-64-61)68(58)45-18-8-3-9-19-45;1-3-13-36(14-4-1)48-35-49(60-57(59-48)37-15-5-2-6-16-37)40-17-11-18-41(31-40)62-50-21-9-7-19-43(50)45-27-24-39(33-53(45)62)38-25-28-52-46(32-38)44-20-8-10-22-51(44)61(52)42-26-29-54-47(34-42)56-55(63-54)23-12-30-58-56/h1-39H;1-35H. The number of fused-ring (bicyclic) bond motifs is 18. The number of rotatable bonds is 13. The maximum Gasteiger partial charge on any atom is 0.160 e. The Kier molecular flexibility index (Phi) is 17.6. The van der Waals surface area contributed by atoms with Crippen molar-refractivity contribution in [2.24, 2.45) is 0 Å². The van der Waals surface area contributed by atoms with Crippen LogP contribution < -0.4 is 0 Å². The molecule has 0 radical (unpaired) electrons. The van der Waals surface area contributed by atoms with Crippen molar-refractivity contribution in [3.05, 3.63) is 449 Å². The van der Waals surface area contributed by atoms with Gasteiger partial charge in [0.25, 0.3) is 0 Å². The van der Waals surface area contributed by atoms with E-state index in [1.165, 1.54) is 43.1 Å². The first-order valence-electron chi connectivity index (χ1n) is 44.4. The van der Waals surface area contributed by atoms with E-state index in [0.29, 0.717) is 11.6 Å². The average molecular weight is 1690 g/mol. The maximum absolute atomic E-state index is 6.14. The molecule has 0 aliphatic rings. The maximum atomic E-state index is 6.14. The minimum absolute atomic E-state index is 0.689. The number of nitrogens with zero attached hydrogens (tertiary/aromatic N) is 12. The molecule has 616 valence electrons. The summed E-state index contributed by atoms with van der Waals surface area (Å²) in [6.07, 6.45) is 5.37. The van der Waals surface area contributed by atoms with Crippen LogP contribution in [-0.2, 0) is 0 Å². The molecule has 10 heterocycles. The summed E-state index contributed by atoms with van der Waals surface area (Å²) in [4.78, 5) is 34.3. The number of para-hydroxylation sites is 5. The predicted octanol–water partition coefficient (Wildman–Crippen LogP) is 29.9. The summed E-state index contributed by atoms with van der Waals surface area (Å²) in [6, 6.07) is 153. The average Bonchev–Trinajstić information content (AvgIpc) is 1.57. The molecule has 0 N–H and O–H groups in total. The molecule has 0 bridgehead atoms. The van der Waals surface area contributed by atoms with Gasteiger partial charge in [-0.15, -0.1) is 0 Å². The van der Waals surface area contributed by atoms with E-state index in [0.717, 1.165) is 195 Å². The van der Waals surface area contributed by atoms with Crippen LogP contribution in [0.25, 0.3) is 250 Å². The summed E-state index contributed by atoms with van der Waals surface area (Å²) in [6.45, 7) is 0. The van der Waals surface area contributed by atoms with Crippen molar-refractivity contribution in [1.82, 2.24) is 57.7 Å². The number of benzene rings is 17. The molecule has 0 fully saturated rings. The van der Waals surface area contributed by atoms with Gasteiger partial charge in [0.2, 0.25) is 0 Å². The molecule has 13 nitrogen and oxygen atoms in total. The van der Waals surface area contributed by atoms with E-state index in [-0.39, 0.29) is 0 Å². The van der Waals surface area contributed by atoms with E-state index >= 15 is 0 Å². The number of hydrogen-bond donors (Lipinski definition) is 0. The van der Waals surface area contributed by atoms with Gasteiger partial charge in [0, 0.05) is 122 Å². The van der Waals surface area contributed by atoms with Crippen LogP contribution in [-0.4, -0.2) is 57.7 Å². The Morgan fingerprint density at radius 2 is 0.538 bits per heavy atom. The lowest BCUT2D eigenvalue weighted by Crippen LogP contribution is -1.98. The van der Waals surface area contributed by atoms with Gasteiger partial charge in [-0.05, 0) is 192 Å². The van der Waals surface area contributed by atoms with Crippen molar-refractivity contribution in [3.63, 3.8) is 0 Å². The molecule has 13 heteroatoms. The van der Waals surface area contributed by atoms with Crippen LogP contribution in [0.15, 0.2) is 454 Å².